The molecule has 0 aliphatic carbocycles. The molecule has 21 heavy (non-hydrogen) atoms. The van der Waals surface area contributed by atoms with Crippen LogP contribution in [0, 0.1) is 0 Å². The second-order valence-electron chi connectivity index (χ2n) is 5.12. The van der Waals surface area contributed by atoms with E-state index in [0.29, 0.717) is 0 Å². The Kier molecular flexibility index (Phi) is 3.97. The highest BCUT2D eigenvalue weighted by atomic mass is 15.1. The van der Waals surface area contributed by atoms with E-state index in [-0.39, 0.29) is 6.04 Å². The number of imidazole rings is 1. The second-order valence-corrected chi connectivity index (χ2v) is 5.12. The molecule has 1 aromatic carbocycles. The van der Waals surface area contributed by atoms with Gasteiger partial charge in [-0.15, -0.1) is 0 Å². The van der Waals surface area contributed by atoms with Crippen LogP contribution in [-0.4, -0.2) is 21.6 Å². The fraction of sp³-hybridized carbons (Fsp3) is 0.294. The molecule has 1 atom stereocenters. The monoisotopic (exact) mass is 280 g/mol. The molecule has 0 saturated carbocycles. The lowest BCUT2D eigenvalue weighted by atomic mass is 10.0. The summed E-state index contributed by atoms with van der Waals surface area (Å²) in [5.41, 5.74) is 2.20. The number of rotatable bonds is 5. The molecule has 3 aromatic rings. The molecular formula is C17H20N4. The Bertz CT molecular complexity index is 727. The van der Waals surface area contributed by atoms with E-state index in [9.17, 15) is 0 Å². The van der Waals surface area contributed by atoms with Crippen molar-refractivity contribution in [1.82, 2.24) is 19.9 Å². The minimum atomic E-state index is 0.0464. The van der Waals surface area contributed by atoms with Crippen LogP contribution in [0.2, 0.25) is 0 Å². The Morgan fingerprint density at radius 1 is 1.14 bits per heavy atom. The van der Waals surface area contributed by atoms with Gasteiger partial charge in [0.2, 0.25) is 0 Å². The molecular weight excluding hydrogens is 260 g/mol. The van der Waals surface area contributed by atoms with Crippen molar-refractivity contribution in [3.8, 4) is 0 Å². The maximum absolute atomic E-state index is 4.56. The molecule has 0 saturated heterocycles. The van der Waals surface area contributed by atoms with Gasteiger partial charge >= 0.3 is 0 Å². The minimum absolute atomic E-state index is 0.0464. The molecule has 0 radical (unpaired) electrons. The first-order chi connectivity index (χ1) is 10.3. The molecule has 2 heterocycles. The molecule has 3 rings (SSSR count). The molecule has 0 aliphatic rings. The lowest BCUT2D eigenvalue weighted by Gasteiger charge is -2.19. The molecule has 4 heteroatoms. The number of benzene rings is 1. The molecule has 1 unspecified atom stereocenters. The minimum Gasteiger partial charge on any atom is -0.333 e. The van der Waals surface area contributed by atoms with Crippen LogP contribution in [0.25, 0.3) is 10.9 Å². The Hall–Kier alpha value is -2.20. The molecule has 0 bridgehead atoms. The third kappa shape index (κ3) is 2.54. The van der Waals surface area contributed by atoms with Gasteiger partial charge < -0.3 is 9.88 Å². The summed E-state index contributed by atoms with van der Waals surface area (Å²) < 4.78 is 2.21. The lowest BCUT2D eigenvalue weighted by Crippen LogP contribution is -2.22. The van der Waals surface area contributed by atoms with Gasteiger partial charge in [0.15, 0.2) is 0 Å². The first-order valence-electron chi connectivity index (χ1n) is 7.37. The Balaban J connectivity index is 2.12. The van der Waals surface area contributed by atoms with E-state index >= 15 is 0 Å². The number of hydrogen-bond donors (Lipinski definition) is 1. The van der Waals surface area contributed by atoms with E-state index in [1.54, 1.807) is 0 Å². The van der Waals surface area contributed by atoms with Crippen LogP contribution in [-0.2, 0) is 6.54 Å². The Morgan fingerprint density at radius 2 is 2.00 bits per heavy atom. The first-order valence-corrected chi connectivity index (χ1v) is 7.37. The van der Waals surface area contributed by atoms with E-state index in [1.165, 1.54) is 5.56 Å². The van der Waals surface area contributed by atoms with Crippen LogP contribution < -0.4 is 5.32 Å². The predicted octanol–water partition coefficient (Wildman–Crippen LogP) is 3.15. The van der Waals surface area contributed by atoms with Crippen molar-refractivity contribution in [1.29, 1.82) is 0 Å². The molecule has 4 nitrogen and oxygen atoms in total. The summed E-state index contributed by atoms with van der Waals surface area (Å²) in [7, 11) is 1.97. The molecule has 0 aliphatic heterocycles. The van der Waals surface area contributed by atoms with E-state index in [2.05, 4.69) is 51.0 Å². The standard InChI is InChI=1S/C17H20N4/c1-3-11-21-12-10-20-17(21)16(18-2)14-8-4-6-13-7-5-9-19-15(13)14/h4-10,12,16,18H,3,11H2,1-2H3. The van der Waals surface area contributed by atoms with Crippen molar-refractivity contribution in [3.05, 3.63) is 60.3 Å². The molecule has 0 fully saturated rings. The Labute approximate surface area is 124 Å². The highest BCUT2D eigenvalue weighted by Crippen LogP contribution is 2.26. The van der Waals surface area contributed by atoms with Crippen LogP contribution in [0.4, 0.5) is 0 Å². The summed E-state index contributed by atoms with van der Waals surface area (Å²) >= 11 is 0. The third-order valence-corrected chi connectivity index (χ3v) is 3.73. The van der Waals surface area contributed by atoms with E-state index in [4.69, 9.17) is 0 Å². The third-order valence-electron chi connectivity index (χ3n) is 3.73. The fourth-order valence-electron chi connectivity index (χ4n) is 2.80. The average Bonchev–Trinajstić information content (AvgIpc) is 2.97. The number of aromatic nitrogens is 3. The van der Waals surface area contributed by atoms with Gasteiger partial charge in [-0.05, 0) is 19.5 Å². The summed E-state index contributed by atoms with van der Waals surface area (Å²) in [6.45, 7) is 3.16. The molecule has 108 valence electrons. The molecule has 0 spiro atoms. The number of nitrogens with one attached hydrogen (secondary N) is 1. The molecule has 2 aromatic heterocycles. The predicted molar refractivity (Wildman–Crippen MR) is 85.2 cm³/mol. The smallest absolute Gasteiger partial charge is 0.130 e. The zero-order chi connectivity index (χ0) is 14.7. The zero-order valence-electron chi connectivity index (χ0n) is 12.5. The van der Waals surface area contributed by atoms with Crippen molar-refractivity contribution in [3.63, 3.8) is 0 Å². The van der Waals surface area contributed by atoms with Crippen molar-refractivity contribution in [2.75, 3.05) is 7.05 Å². The highest BCUT2D eigenvalue weighted by molar-refractivity contribution is 5.82. The summed E-state index contributed by atoms with van der Waals surface area (Å²) in [6, 6.07) is 10.4. The van der Waals surface area contributed by atoms with E-state index < -0.39 is 0 Å². The van der Waals surface area contributed by atoms with Gasteiger partial charge in [0, 0.05) is 36.1 Å². The first kappa shape index (κ1) is 13.8. The lowest BCUT2D eigenvalue weighted by molar-refractivity contribution is 0.570. The number of para-hydroxylation sites is 1. The van der Waals surface area contributed by atoms with Gasteiger partial charge in [-0.2, -0.15) is 0 Å². The SMILES string of the molecule is CCCn1ccnc1C(NC)c1cccc2cccnc12. The van der Waals surface area contributed by atoms with Crippen molar-refractivity contribution in [2.45, 2.75) is 25.9 Å². The number of nitrogens with zero attached hydrogens (tertiary/aromatic N) is 3. The number of aryl methyl sites for hydroxylation is 1. The zero-order valence-corrected chi connectivity index (χ0v) is 12.5. The van der Waals surface area contributed by atoms with Gasteiger partial charge in [-0.1, -0.05) is 31.2 Å². The van der Waals surface area contributed by atoms with Gasteiger partial charge in [-0.25, -0.2) is 4.98 Å². The normalized spacial score (nSPS) is 12.7. The van der Waals surface area contributed by atoms with Crippen molar-refractivity contribution < 1.29 is 0 Å². The largest absolute Gasteiger partial charge is 0.333 e. The fourth-order valence-corrected chi connectivity index (χ4v) is 2.80. The van der Waals surface area contributed by atoms with Crippen molar-refractivity contribution >= 4 is 10.9 Å². The molecule has 0 amide bonds. The van der Waals surface area contributed by atoms with Crippen LogP contribution >= 0.6 is 0 Å². The summed E-state index contributed by atoms with van der Waals surface area (Å²) in [5, 5.41) is 4.54. The van der Waals surface area contributed by atoms with Crippen LogP contribution in [0.15, 0.2) is 48.9 Å². The summed E-state index contributed by atoms with van der Waals surface area (Å²) in [6.07, 6.45) is 6.85. The quantitative estimate of drug-likeness (QED) is 0.780. The van der Waals surface area contributed by atoms with Crippen LogP contribution in [0.5, 0.6) is 0 Å². The van der Waals surface area contributed by atoms with Crippen molar-refractivity contribution in [2.24, 2.45) is 0 Å². The van der Waals surface area contributed by atoms with Gasteiger partial charge in [0.1, 0.15) is 5.82 Å². The van der Waals surface area contributed by atoms with Gasteiger partial charge in [0.05, 0.1) is 11.6 Å². The number of fused-ring (bicyclic) bond motifs is 1. The number of hydrogen-bond acceptors (Lipinski definition) is 3. The van der Waals surface area contributed by atoms with Gasteiger partial charge in [-0.3, -0.25) is 4.98 Å². The summed E-state index contributed by atoms with van der Waals surface area (Å²) in [4.78, 5) is 9.12. The number of pyridine rings is 1. The Morgan fingerprint density at radius 3 is 2.81 bits per heavy atom. The van der Waals surface area contributed by atoms with E-state index in [0.717, 1.165) is 29.7 Å². The molecule has 1 N–H and O–H groups in total. The topological polar surface area (TPSA) is 42.7 Å². The van der Waals surface area contributed by atoms with Crippen LogP contribution in [0.1, 0.15) is 30.8 Å². The van der Waals surface area contributed by atoms with Crippen LogP contribution in [0.3, 0.4) is 0 Å². The second kappa shape index (κ2) is 6.06. The maximum Gasteiger partial charge on any atom is 0.130 e. The average molecular weight is 280 g/mol. The summed E-state index contributed by atoms with van der Waals surface area (Å²) in [5.74, 6) is 1.04. The highest BCUT2D eigenvalue weighted by Gasteiger charge is 2.19. The van der Waals surface area contributed by atoms with E-state index in [1.807, 2.05) is 31.7 Å². The maximum atomic E-state index is 4.56. The van der Waals surface area contributed by atoms with Gasteiger partial charge in [0.25, 0.3) is 0 Å².